The molecule has 0 amide bonds. The lowest BCUT2D eigenvalue weighted by atomic mass is 9.76. The summed E-state index contributed by atoms with van der Waals surface area (Å²) in [7, 11) is 3.37. The number of ether oxygens (including phenoxy) is 2. The van der Waals surface area contributed by atoms with E-state index in [4.69, 9.17) is 26.7 Å². The van der Waals surface area contributed by atoms with Gasteiger partial charge in [0.15, 0.2) is 5.11 Å². The van der Waals surface area contributed by atoms with Gasteiger partial charge in [-0.1, -0.05) is 24.3 Å². The van der Waals surface area contributed by atoms with Crippen molar-refractivity contribution in [2.75, 3.05) is 14.2 Å². The first-order valence-corrected chi connectivity index (χ1v) is 9.97. The maximum Gasteiger partial charge on any atom is 0.193 e. The molecule has 1 heterocycles. The highest BCUT2D eigenvalue weighted by molar-refractivity contribution is 7.80. The molecule has 0 bridgehead atoms. The predicted octanol–water partition coefficient (Wildman–Crippen LogP) is 4.96. The molecule has 2 aliphatic rings. The molecule has 2 aromatic carbocycles. The van der Waals surface area contributed by atoms with Gasteiger partial charge in [0.05, 0.1) is 26.0 Å². The molecule has 1 N–H and O–H groups in total. The van der Waals surface area contributed by atoms with Crippen molar-refractivity contribution < 1.29 is 9.47 Å². The normalized spacial score (nSPS) is 22.9. The maximum absolute atomic E-state index is 5.48. The van der Waals surface area contributed by atoms with Crippen LogP contribution in [0.3, 0.4) is 0 Å². The quantitative estimate of drug-likeness (QED) is 0.747. The summed E-state index contributed by atoms with van der Waals surface area (Å²) < 4.78 is 10.6. The monoisotopic (exact) mass is 392 g/mol. The zero-order valence-electron chi connectivity index (χ0n) is 16.1. The Morgan fingerprint density at radius 1 is 1.00 bits per heavy atom. The highest BCUT2D eigenvalue weighted by Gasteiger charge is 2.36. The molecule has 0 saturated heterocycles. The van der Waals surface area contributed by atoms with E-state index in [1.165, 1.54) is 11.1 Å². The highest BCUT2D eigenvalue weighted by Crippen LogP contribution is 2.38. The molecule has 144 valence electrons. The van der Waals surface area contributed by atoms with E-state index in [0.29, 0.717) is 11.0 Å². The molecule has 28 heavy (non-hydrogen) atoms. The van der Waals surface area contributed by atoms with Crippen LogP contribution in [-0.2, 0) is 0 Å². The number of benzene rings is 2. The summed E-state index contributed by atoms with van der Waals surface area (Å²) in [5, 5.41) is 3.99. The molecule has 0 radical (unpaired) electrons. The van der Waals surface area contributed by atoms with Crippen LogP contribution >= 0.6 is 12.2 Å². The highest BCUT2D eigenvalue weighted by atomic mass is 32.1. The molecule has 0 aromatic heterocycles. The summed E-state index contributed by atoms with van der Waals surface area (Å²) >= 11 is 5.48. The van der Waals surface area contributed by atoms with E-state index in [1.54, 1.807) is 14.2 Å². The van der Waals surface area contributed by atoms with Gasteiger partial charge in [0.25, 0.3) is 0 Å². The number of hydrogen-bond acceptors (Lipinski definition) is 3. The van der Waals surface area contributed by atoms with E-state index in [0.717, 1.165) is 42.0 Å². The minimum atomic E-state index is 0.144. The zero-order valence-corrected chi connectivity index (χ0v) is 17.0. The van der Waals surface area contributed by atoms with E-state index in [2.05, 4.69) is 35.7 Å². The first kappa shape index (κ1) is 18.7. The van der Waals surface area contributed by atoms with Crippen LogP contribution in [-0.4, -0.2) is 25.0 Å². The Labute approximate surface area is 171 Å². The lowest BCUT2D eigenvalue weighted by Gasteiger charge is -2.37. The number of rotatable bonds is 4. The molecule has 0 spiro atoms. The molecular formula is C23H24N2O2S. The second-order valence-electron chi connectivity index (χ2n) is 7.14. The van der Waals surface area contributed by atoms with E-state index >= 15 is 0 Å². The molecular weight excluding hydrogens is 368 g/mol. The van der Waals surface area contributed by atoms with Crippen molar-refractivity contribution >= 4 is 29.1 Å². The minimum Gasteiger partial charge on any atom is -0.497 e. The van der Waals surface area contributed by atoms with Crippen molar-refractivity contribution in [2.24, 2.45) is 10.9 Å². The van der Waals surface area contributed by atoms with Crippen molar-refractivity contribution in [3.8, 4) is 11.5 Å². The number of fused-ring (bicyclic) bond motifs is 1. The Balaban J connectivity index is 1.65. The predicted molar refractivity (Wildman–Crippen MR) is 117 cm³/mol. The van der Waals surface area contributed by atoms with Gasteiger partial charge in [0, 0.05) is 5.92 Å². The van der Waals surface area contributed by atoms with Gasteiger partial charge in [-0.3, -0.25) is 0 Å². The van der Waals surface area contributed by atoms with Gasteiger partial charge in [-0.05, 0) is 78.5 Å². The average molecular weight is 393 g/mol. The van der Waals surface area contributed by atoms with Crippen LogP contribution in [0.2, 0.25) is 0 Å². The second-order valence-corrected chi connectivity index (χ2v) is 7.53. The number of thiocarbonyl (C=S) groups is 1. The third-order valence-electron chi connectivity index (χ3n) is 5.48. The first-order chi connectivity index (χ1) is 13.7. The van der Waals surface area contributed by atoms with Crippen LogP contribution in [0.4, 0.5) is 0 Å². The summed E-state index contributed by atoms with van der Waals surface area (Å²) in [6.45, 7) is 0. The number of nitrogens with zero attached hydrogens (tertiary/aromatic N) is 1. The van der Waals surface area contributed by atoms with Crippen molar-refractivity contribution in [1.29, 1.82) is 0 Å². The van der Waals surface area contributed by atoms with Gasteiger partial charge in [-0.2, -0.15) is 0 Å². The number of allylic oxidation sites excluding steroid dienone is 1. The molecule has 4 rings (SSSR count). The maximum atomic E-state index is 5.48. The van der Waals surface area contributed by atoms with Crippen LogP contribution in [0.5, 0.6) is 11.5 Å². The van der Waals surface area contributed by atoms with Crippen molar-refractivity contribution in [3.05, 3.63) is 65.2 Å². The number of aliphatic imine (C=N–C) groups is 1. The fourth-order valence-electron chi connectivity index (χ4n) is 4.04. The second kappa shape index (κ2) is 8.15. The van der Waals surface area contributed by atoms with Crippen LogP contribution in [0.1, 0.15) is 36.4 Å². The summed E-state index contributed by atoms with van der Waals surface area (Å²) in [6, 6.07) is 16.5. The molecule has 0 unspecified atom stereocenters. The lowest BCUT2D eigenvalue weighted by molar-refractivity contribution is 0.412. The number of hydrogen-bond donors (Lipinski definition) is 1. The molecule has 5 heteroatoms. The molecule has 1 aliphatic carbocycles. The van der Waals surface area contributed by atoms with Crippen molar-refractivity contribution in [3.63, 3.8) is 0 Å². The fraction of sp³-hybridized carbons (Fsp3) is 0.304. The average Bonchev–Trinajstić information content (AvgIpc) is 2.74. The Morgan fingerprint density at radius 3 is 2.29 bits per heavy atom. The minimum absolute atomic E-state index is 0.144. The third kappa shape index (κ3) is 3.80. The number of methoxy groups -OCH3 is 2. The lowest BCUT2D eigenvalue weighted by Crippen LogP contribution is -2.42. The Morgan fingerprint density at radius 2 is 1.64 bits per heavy atom. The third-order valence-corrected chi connectivity index (χ3v) is 5.69. The Bertz CT molecular complexity index is 917. The van der Waals surface area contributed by atoms with Crippen molar-refractivity contribution in [2.45, 2.75) is 25.3 Å². The van der Waals surface area contributed by atoms with E-state index < -0.39 is 0 Å². The first-order valence-electron chi connectivity index (χ1n) is 9.56. The van der Waals surface area contributed by atoms with E-state index in [-0.39, 0.29) is 6.04 Å². The van der Waals surface area contributed by atoms with Gasteiger partial charge in [0.2, 0.25) is 0 Å². The van der Waals surface area contributed by atoms with Gasteiger partial charge in [-0.25, -0.2) is 4.99 Å². The molecule has 2 aromatic rings. The Kier molecular flexibility index (Phi) is 5.44. The molecule has 1 fully saturated rings. The SMILES string of the molecule is COc1ccc(C=C2CCC[C@@H]3C2=NC(=S)N[C@@H]3c2ccc(OC)cc2)cc1. The van der Waals surface area contributed by atoms with Gasteiger partial charge >= 0.3 is 0 Å². The number of nitrogens with one attached hydrogen (secondary N) is 1. The van der Waals surface area contributed by atoms with Crippen LogP contribution in [0.15, 0.2) is 59.1 Å². The van der Waals surface area contributed by atoms with Gasteiger partial charge in [0.1, 0.15) is 11.5 Å². The summed E-state index contributed by atoms with van der Waals surface area (Å²) in [4.78, 5) is 4.74. The van der Waals surface area contributed by atoms with Gasteiger partial charge in [-0.15, -0.1) is 0 Å². The molecule has 1 aliphatic heterocycles. The summed E-state index contributed by atoms with van der Waals surface area (Å²) in [5.41, 5.74) is 4.78. The van der Waals surface area contributed by atoms with E-state index in [1.807, 2.05) is 24.3 Å². The van der Waals surface area contributed by atoms with Gasteiger partial charge < -0.3 is 14.8 Å². The molecule has 1 saturated carbocycles. The summed E-state index contributed by atoms with van der Waals surface area (Å²) in [5.74, 6) is 2.04. The zero-order chi connectivity index (χ0) is 19.5. The molecule has 4 nitrogen and oxygen atoms in total. The van der Waals surface area contributed by atoms with Crippen LogP contribution in [0.25, 0.3) is 6.08 Å². The topological polar surface area (TPSA) is 42.8 Å². The fourth-order valence-corrected chi connectivity index (χ4v) is 4.27. The summed E-state index contributed by atoms with van der Waals surface area (Å²) in [6.07, 6.45) is 5.51. The van der Waals surface area contributed by atoms with Crippen LogP contribution in [0, 0.1) is 5.92 Å². The molecule has 2 atom stereocenters. The van der Waals surface area contributed by atoms with Crippen LogP contribution < -0.4 is 14.8 Å². The largest absolute Gasteiger partial charge is 0.497 e. The smallest absolute Gasteiger partial charge is 0.193 e. The van der Waals surface area contributed by atoms with Crippen molar-refractivity contribution in [1.82, 2.24) is 5.32 Å². The Hall–Kier alpha value is -2.66. The van der Waals surface area contributed by atoms with E-state index in [9.17, 15) is 0 Å². The standard InChI is InChI=1S/C23H24N2O2S/c1-26-18-10-6-15(7-11-18)14-17-4-3-5-20-21(24-23(28)25-22(17)20)16-8-12-19(27-2)13-9-16/h6-14,20-21H,3-5H2,1-2H3,(H,24,28)/t20-,21+/m0/s1.